The molecule has 24 heavy (non-hydrogen) atoms. The second-order valence-electron chi connectivity index (χ2n) is 6.04. The van der Waals surface area contributed by atoms with Crippen LogP contribution in [0.2, 0.25) is 0 Å². The first-order valence-electron chi connectivity index (χ1n) is 7.91. The minimum Gasteiger partial charge on any atom is -0.344 e. The molecule has 0 aliphatic heterocycles. The minimum absolute atomic E-state index is 0.125. The summed E-state index contributed by atoms with van der Waals surface area (Å²) in [7, 11) is 0. The lowest BCUT2D eigenvalue weighted by atomic mass is 10.0. The van der Waals surface area contributed by atoms with E-state index in [1.165, 1.54) is 11.9 Å². The maximum atomic E-state index is 12.8. The molecule has 1 N–H and O–H groups in total. The van der Waals surface area contributed by atoms with E-state index in [9.17, 15) is 4.79 Å². The summed E-state index contributed by atoms with van der Waals surface area (Å²) in [6.45, 7) is 7.91. The Morgan fingerprint density at radius 3 is 2.67 bits per heavy atom. The fourth-order valence-electron chi connectivity index (χ4n) is 2.75. The van der Waals surface area contributed by atoms with Crippen molar-refractivity contribution >= 4 is 16.8 Å². The van der Waals surface area contributed by atoms with E-state index >= 15 is 0 Å². The molecule has 122 valence electrons. The smallest absolute Gasteiger partial charge is 0.252 e. The van der Waals surface area contributed by atoms with Crippen LogP contribution in [0.3, 0.4) is 0 Å². The van der Waals surface area contributed by atoms with Crippen LogP contribution in [0.15, 0.2) is 36.8 Å². The van der Waals surface area contributed by atoms with Crippen molar-refractivity contribution in [3.8, 4) is 0 Å². The molecule has 3 rings (SSSR count). The fraction of sp³-hybridized carbons (Fsp3) is 0.263. The Bertz CT molecular complexity index is 906. The molecule has 0 saturated heterocycles. The van der Waals surface area contributed by atoms with E-state index in [0.717, 1.165) is 27.9 Å². The number of aromatic nitrogens is 3. The van der Waals surface area contributed by atoms with Crippen LogP contribution >= 0.6 is 0 Å². The maximum Gasteiger partial charge on any atom is 0.252 e. The van der Waals surface area contributed by atoms with Crippen molar-refractivity contribution in [2.24, 2.45) is 0 Å². The zero-order valence-electron chi connectivity index (χ0n) is 14.3. The minimum atomic E-state index is -0.199. The summed E-state index contributed by atoms with van der Waals surface area (Å²) in [5, 5.41) is 3.88. The molecule has 0 spiro atoms. The lowest BCUT2D eigenvalue weighted by molar-refractivity contribution is 0.0940. The SMILES string of the molecule is Cc1cc(C(=O)NC(C)c2ccncn2)c2ccc(C)c(C)c2n1. The first kappa shape index (κ1) is 16.1. The number of carbonyl (C=O) groups excluding carboxylic acids is 1. The van der Waals surface area contributed by atoms with Crippen LogP contribution in [0.1, 0.15) is 45.8 Å². The number of hydrogen-bond donors (Lipinski definition) is 1. The standard InChI is InChI=1S/C19H20N4O/c1-11-5-6-15-16(9-12(2)22-18(15)13(11)3)19(24)23-14(4)17-7-8-20-10-21-17/h5-10,14H,1-4H3,(H,23,24). The van der Waals surface area contributed by atoms with Gasteiger partial charge in [0.05, 0.1) is 22.8 Å². The van der Waals surface area contributed by atoms with Crippen LogP contribution in [0, 0.1) is 20.8 Å². The van der Waals surface area contributed by atoms with Crippen molar-refractivity contribution < 1.29 is 4.79 Å². The molecule has 2 aromatic heterocycles. The summed E-state index contributed by atoms with van der Waals surface area (Å²) >= 11 is 0. The molecule has 1 atom stereocenters. The number of rotatable bonds is 3. The highest BCUT2D eigenvalue weighted by atomic mass is 16.1. The molecule has 0 bridgehead atoms. The van der Waals surface area contributed by atoms with Gasteiger partial charge in [-0.05, 0) is 51.0 Å². The van der Waals surface area contributed by atoms with Crippen molar-refractivity contribution in [2.45, 2.75) is 33.7 Å². The van der Waals surface area contributed by atoms with Gasteiger partial charge in [-0.2, -0.15) is 0 Å². The lowest BCUT2D eigenvalue weighted by Crippen LogP contribution is -2.27. The Labute approximate surface area is 141 Å². The predicted molar refractivity (Wildman–Crippen MR) is 93.9 cm³/mol. The van der Waals surface area contributed by atoms with Gasteiger partial charge in [-0.3, -0.25) is 9.78 Å². The van der Waals surface area contributed by atoms with Crippen LogP contribution in [-0.4, -0.2) is 20.9 Å². The molecule has 5 nitrogen and oxygen atoms in total. The van der Waals surface area contributed by atoms with Crippen LogP contribution in [0.4, 0.5) is 0 Å². The summed E-state index contributed by atoms with van der Waals surface area (Å²) in [6, 6.07) is 7.43. The molecule has 0 saturated carbocycles. The molecular formula is C19H20N4O. The predicted octanol–water partition coefficient (Wildman–Crippen LogP) is 3.44. The molecule has 5 heteroatoms. The van der Waals surface area contributed by atoms with E-state index in [1.54, 1.807) is 12.3 Å². The zero-order valence-corrected chi connectivity index (χ0v) is 14.3. The summed E-state index contributed by atoms with van der Waals surface area (Å²) in [5.41, 5.74) is 5.41. The summed E-state index contributed by atoms with van der Waals surface area (Å²) in [4.78, 5) is 25.5. The quantitative estimate of drug-likeness (QED) is 0.802. The second kappa shape index (κ2) is 6.35. The number of pyridine rings is 1. The van der Waals surface area contributed by atoms with Crippen LogP contribution in [0.5, 0.6) is 0 Å². The van der Waals surface area contributed by atoms with Gasteiger partial charge in [0, 0.05) is 17.3 Å². The van der Waals surface area contributed by atoms with E-state index < -0.39 is 0 Å². The second-order valence-corrected chi connectivity index (χ2v) is 6.04. The largest absolute Gasteiger partial charge is 0.344 e. The fourth-order valence-corrected chi connectivity index (χ4v) is 2.75. The first-order chi connectivity index (χ1) is 11.5. The van der Waals surface area contributed by atoms with Crippen molar-refractivity contribution in [3.63, 3.8) is 0 Å². The van der Waals surface area contributed by atoms with E-state index in [0.29, 0.717) is 5.56 Å². The number of nitrogens with zero attached hydrogens (tertiary/aromatic N) is 3. The molecule has 2 heterocycles. The summed E-state index contributed by atoms with van der Waals surface area (Å²) in [6.07, 6.45) is 3.15. The Hall–Kier alpha value is -2.82. The number of nitrogens with one attached hydrogen (secondary N) is 1. The average Bonchev–Trinajstić information content (AvgIpc) is 2.58. The van der Waals surface area contributed by atoms with Gasteiger partial charge >= 0.3 is 0 Å². The molecule has 3 aromatic rings. The van der Waals surface area contributed by atoms with Crippen LogP contribution in [0.25, 0.3) is 10.9 Å². The van der Waals surface area contributed by atoms with Crippen LogP contribution in [-0.2, 0) is 0 Å². The third kappa shape index (κ3) is 2.97. The monoisotopic (exact) mass is 320 g/mol. The Kier molecular flexibility index (Phi) is 4.25. The third-order valence-electron chi connectivity index (χ3n) is 4.27. The highest BCUT2D eigenvalue weighted by molar-refractivity contribution is 6.07. The van der Waals surface area contributed by atoms with Gasteiger partial charge in [-0.1, -0.05) is 12.1 Å². The molecule has 1 aromatic carbocycles. The van der Waals surface area contributed by atoms with Crippen molar-refractivity contribution in [1.29, 1.82) is 0 Å². The average molecular weight is 320 g/mol. The maximum absolute atomic E-state index is 12.8. The number of hydrogen-bond acceptors (Lipinski definition) is 4. The van der Waals surface area contributed by atoms with Gasteiger partial charge < -0.3 is 5.32 Å². The zero-order chi connectivity index (χ0) is 17.3. The topological polar surface area (TPSA) is 67.8 Å². The highest BCUT2D eigenvalue weighted by Gasteiger charge is 2.17. The van der Waals surface area contributed by atoms with Crippen molar-refractivity contribution in [2.75, 3.05) is 0 Å². The number of fused-ring (bicyclic) bond motifs is 1. The number of aryl methyl sites for hydroxylation is 3. The first-order valence-corrected chi connectivity index (χ1v) is 7.91. The van der Waals surface area contributed by atoms with Gasteiger partial charge in [0.25, 0.3) is 5.91 Å². The van der Waals surface area contributed by atoms with Crippen LogP contribution < -0.4 is 5.32 Å². The number of amides is 1. The Morgan fingerprint density at radius 1 is 1.17 bits per heavy atom. The van der Waals surface area contributed by atoms with E-state index in [2.05, 4.69) is 27.2 Å². The number of benzene rings is 1. The van der Waals surface area contributed by atoms with Crippen molar-refractivity contribution in [1.82, 2.24) is 20.3 Å². The van der Waals surface area contributed by atoms with Gasteiger partial charge in [-0.15, -0.1) is 0 Å². The molecule has 0 aliphatic rings. The number of carbonyl (C=O) groups is 1. The van der Waals surface area contributed by atoms with Gasteiger partial charge in [0.2, 0.25) is 0 Å². The third-order valence-corrected chi connectivity index (χ3v) is 4.27. The molecule has 1 unspecified atom stereocenters. The summed E-state index contributed by atoms with van der Waals surface area (Å²) < 4.78 is 0. The van der Waals surface area contributed by atoms with Crippen molar-refractivity contribution in [3.05, 3.63) is 64.9 Å². The van der Waals surface area contributed by atoms with Gasteiger partial charge in [-0.25, -0.2) is 9.97 Å². The molecule has 0 radical (unpaired) electrons. The van der Waals surface area contributed by atoms with E-state index in [1.807, 2.05) is 39.0 Å². The van der Waals surface area contributed by atoms with Gasteiger partial charge in [0.15, 0.2) is 0 Å². The Balaban J connectivity index is 2.00. The molecule has 0 aliphatic carbocycles. The molecule has 1 amide bonds. The normalized spacial score (nSPS) is 12.2. The molecule has 0 fully saturated rings. The van der Waals surface area contributed by atoms with Gasteiger partial charge in [0.1, 0.15) is 6.33 Å². The summed E-state index contributed by atoms with van der Waals surface area (Å²) in [5.74, 6) is -0.125. The van der Waals surface area contributed by atoms with E-state index in [4.69, 9.17) is 0 Å². The highest BCUT2D eigenvalue weighted by Crippen LogP contribution is 2.24. The van der Waals surface area contributed by atoms with E-state index in [-0.39, 0.29) is 11.9 Å². The Morgan fingerprint density at radius 2 is 1.96 bits per heavy atom. The lowest BCUT2D eigenvalue weighted by Gasteiger charge is -2.15. The molecular weight excluding hydrogens is 300 g/mol.